The molecule has 0 heterocycles. The summed E-state index contributed by atoms with van der Waals surface area (Å²) in [6.07, 6.45) is 8.79. The fraction of sp³-hybridized carbons (Fsp3) is 0.741. The van der Waals surface area contributed by atoms with Crippen LogP contribution in [0, 0.1) is 34.5 Å². The van der Waals surface area contributed by atoms with Crippen molar-refractivity contribution in [3.63, 3.8) is 0 Å². The first-order chi connectivity index (χ1) is 15.5. The summed E-state index contributed by atoms with van der Waals surface area (Å²) in [6.45, 7) is 7.63. The number of aliphatic hydroxyl groups is 2. The molecule has 8 atom stereocenters. The van der Waals surface area contributed by atoms with Crippen molar-refractivity contribution in [3.8, 4) is 0 Å². The number of carbonyl (C=O) groups excluding carboxylic acids is 3. The number of ether oxygens (including phenoxy) is 1. The van der Waals surface area contributed by atoms with E-state index in [2.05, 4.69) is 26.8 Å². The van der Waals surface area contributed by atoms with E-state index in [4.69, 9.17) is 4.74 Å². The molecule has 0 bridgehead atoms. The molecule has 0 spiro atoms. The summed E-state index contributed by atoms with van der Waals surface area (Å²) in [7, 11) is 0. The molecule has 6 nitrogen and oxygen atoms in total. The molecule has 0 radical (unpaired) electrons. The lowest BCUT2D eigenvalue weighted by Crippen LogP contribution is -2.60. The summed E-state index contributed by atoms with van der Waals surface area (Å²) < 4.78 is 5.97. The molecule has 4 rings (SSSR count). The van der Waals surface area contributed by atoms with Gasteiger partial charge in [-0.15, -0.1) is 0 Å². The van der Waals surface area contributed by atoms with Crippen molar-refractivity contribution < 1.29 is 29.3 Å². The average Bonchev–Trinajstić information content (AvgIpc) is 3.07. The van der Waals surface area contributed by atoms with Gasteiger partial charge in [-0.25, -0.2) is 0 Å². The Balaban J connectivity index is 1.68. The van der Waals surface area contributed by atoms with E-state index in [-0.39, 0.29) is 29.5 Å². The molecular weight excluding hydrogens is 420 g/mol. The number of carbonyl (C=O) groups is 3. The van der Waals surface area contributed by atoms with Crippen molar-refractivity contribution in [1.82, 2.24) is 0 Å². The zero-order valence-corrected chi connectivity index (χ0v) is 20.3. The van der Waals surface area contributed by atoms with E-state index in [1.807, 2.05) is 6.08 Å². The van der Waals surface area contributed by atoms with Crippen molar-refractivity contribution in [2.75, 3.05) is 6.61 Å². The van der Waals surface area contributed by atoms with Crippen LogP contribution in [0.3, 0.4) is 0 Å². The standard InChI is InChI=1S/C27H38O6/c1-5-17(29)14-24(32)33-27(23(31)15-28)11-8-21-19-12-16(2)22-13-18(30)6-9-25(22,3)20(19)7-10-26(21,27)4/h6,9,13,16-17,19-21,28-29H,5,7-8,10-12,14-15H2,1-4H3/t16-,17?,19+,20-,21-,25+,26-,27-/m0/s1. The fourth-order valence-corrected chi connectivity index (χ4v) is 8.00. The van der Waals surface area contributed by atoms with Crippen LogP contribution in [0.1, 0.15) is 72.6 Å². The molecule has 3 fully saturated rings. The van der Waals surface area contributed by atoms with Gasteiger partial charge in [-0.3, -0.25) is 14.4 Å². The number of esters is 1. The highest BCUT2D eigenvalue weighted by atomic mass is 16.6. The second-order valence-electron chi connectivity index (χ2n) is 11.3. The zero-order chi connectivity index (χ0) is 24.2. The molecule has 33 heavy (non-hydrogen) atoms. The van der Waals surface area contributed by atoms with Gasteiger partial charge in [0.25, 0.3) is 0 Å². The van der Waals surface area contributed by atoms with E-state index in [0.717, 1.165) is 19.3 Å². The molecular formula is C27H38O6. The van der Waals surface area contributed by atoms with Crippen LogP contribution in [0.2, 0.25) is 0 Å². The summed E-state index contributed by atoms with van der Waals surface area (Å²) >= 11 is 0. The number of fused-ring (bicyclic) bond motifs is 5. The van der Waals surface area contributed by atoms with Gasteiger partial charge in [-0.05, 0) is 74.3 Å². The highest BCUT2D eigenvalue weighted by Crippen LogP contribution is 2.68. The van der Waals surface area contributed by atoms with E-state index < -0.39 is 35.5 Å². The predicted molar refractivity (Wildman–Crippen MR) is 123 cm³/mol. The first-order valence-corrected chi connectivity index (χ1v) is 12.5. The van der Waals surface area contributed by atoms with E-state index in [0.29, 0.717) is 31.1 Å². The van der Waals surface area contributed by atoms with Crippen LogP contribution in [0.15, 0.2) is 23.8 Å². The minimum Gasteiger partial charge on any atom is -0.450 e. The van der Waals surface area contributed by atoms with Crippen LogP contribution in [-0.2, 0) is 19.1 Å². The van der Waals surface area contributed by atoms with Crippen LogP contribution in [-0.4, -0.2) is 46.1 Å². The number of hydrogen-bond acceptors (Lipinski definition) is 6. The van der Waals surface area contributed by atoms with Gasteiger partial charge in [0.15, 0.2) is 11.4 Å². The molecule has 0 aromatic heterocycles. The topological polar surface area (TPSA) is 101 Å². The van der Waals surface area contributed by atoms with Gasteiger partial charge in [0.1, 0.15) is 6.61 Å². The largest absolute Gasteiger partial charge is 0.450 e. The highest BCUT2D eigenvalue weighted by Gasteiger charge is 2.68. The second kappa shape index (κ2) is 8.46. The number of Topliss-reactive ketones (excluding diaryl/α,β-unsaturated/α-hetero) is 1. The third-order valence-electron chi connectivity index (χ3n) is 9.75. The number of allylic oxidation sites excluding steroid dienone is 4. The Morgan fingerprint density at radius 3 is 2.58 bits per heavy atom. The minimum absolute atomic E-state index is 0.0584. The Morgan fingerprint density at radius 1 is 1.21 bits per heavy atom. The van der Waals surface area contributed by atoms with Crippen LogP contribution in [0.25, 0.3) is 0 Å². The predicted octanol–water partition coefficient (Wildman–Crippen LogP) is 3.54. The van der Waals surface area contributed by atoms with Gasteiger partial charge >= 0.3 is 5.97 Å². The van der Waals surface area contributed by atoms with Crippen LogP contribution >= 0.6 is 0 Å². The van der Waals surface area contributed by atoms with E-state index in [1.165, 1.54) is 5.57 Å². The molecule has 3 saturated carbocycles. The molecule has 0 saturated heterocycles. The lowest BCUT2D eigenvalue weighted by molar-refractivity contribution is -0.192. The maximum absolute atomic E-state index is 13.2. The lowest BCUT2D eigenvalue weighted by atomic mass is 9.45. The Morgan fingerprint density at radius 2 is 1.91 bits per heavy atom. The molecule has 0 aromatic carbocycles. The molecule has 0 aromatic rings. The highest BCUT2D eigenvalue weighted by molar-refractivity contribution is 6.01. The van der Waals surface area contributed by atoms with E-state index >= 15 is 0 Å². The Hall–Kier alpha value is -1.79. The number of rotatable bonds is 6. The second-order valence-corrected chi connectivity index (χ2v) is 11.3. The summed E-state index contributed by atoms with van der Waals surface area (Å²) in [6, 6.07) is 0. The molecule has 0 aliphatic heterocycles. The first-order valence-electron chi connectivity index (χ1n) is 12.5. The Bertz CT molecular complexity index is 904. The third-order valence-corrected chi connectivity index (χ3v) is 9.75. The van der Waals surface area contributed by atoms with E-state index in [1.54, 1.807) is 13.0 Å². The monoisotopic (exact) mass is 458 g/mol. The maximum Gasteiger partial charge on any atom is 0.309 e. The molecule has 0 amide bonds. The fourth-order valence-electron chi connectivity index (χ4n) is 8.00. The molecule has 4 aliphatic carbocycles. The Labute approximate surface area is 196 Å². The van der Waals surface area contributed by atoms with Gasteiger partial charge in [-0.2, -0.15) is 0 Å². The van der Waals surface area contributed by atoms with Gasteiger partial charge in [0.05, 0.1) is 12.5 Å². The minimum atomic E-state index is -1.35. The molecule has 182 valence electrons. The summed E-state index contributed by atoms with van der Waals surface area (Å²) in [4.78, 5) is 38.0. The van der Waals surface area contributed by atoms with Gasteiger partial charge < -0.3 is 14.9 Å². The first kappa shape index (κ1) is 24.3. The lowest BCUT2D eigenvalue weighted by Gasteiger charge is -2.59. The van der Waals surface area contributed by atoms with Gasteiger partial charge in [0, 0.05) is 10.8 Å². The molecule has 2 N–H and O–H groups in total. The summed E-state index contributed by atoms with van der Waals surface area (Å²) in [5.74, 6) is 0.207. The van der Waals surface area contributed by atoms with Crippen molar-refractivity contribution in [3.05, 3.63) is 23.8 Å². The number of ketones is 2. The van der Waals surface area contributed by atoms with Crippen LogP contribution in [0.5, 0.6) is 0 Å². The average molecular weight is 459 g/mol. The van der Waals surface area contributed by atoms with Crippen LogP contribution in [0.4, 0.5) is 0 Å². The van der Waals surface area contributed by atoms with Gasteiger partial charge in [-0.1, -0.05) is 39.3 Å². The van der Waals surface area contributed by atoms with Gasteiger partial charge in [0.2, 0.25) is 5.78 Å². The number of hydrogen-bond donors (Lipinski definition) is 2. The van der Waals surface area contributed by atoms with Crippen molar-refractivity contribution in [1.29, 1.82) is 0 Å². The van der Waals surface area contributed by atoms with Crippen molar-refractivity contribution in [2.24, 2.45) is 34.5 Å². The maximum atomic E-state index is 13.2. The third kappa shape index (κ3) is 3.56. The van der Waals surface area contributed by atoms with Crippen molar-refractivity contribution >= 4 is 17.5 Å². The van der Waals surface area contributed by atoms with Crippen molar-refractivity contribution in [2.45, 2.75) is 84.3 Å². The van der Waals surface area contributed by atoms with E-state index in [9.17, 15) is 24.6 Å². The SMILES string of the molecule is CCC(O)CC(=O)O[C@]1(C(=O)CO)CC[C@H]2[C@@H]3C[C@H](C)C4=CC(=O)C=C[C@]4(C)[C@H]3CC[C@@]21C. The zero-order valence-electron chi connectivity index (χ0n) is 20.3. The quantitative estimate of drug-likeness (QED) is 0.591. The smallest absolute Gasteiger partial charge is 0.309 e. The summed E-state index contributed by atoms with van der Waals surface area (Å²) in [5, 5.41) is 19.8. The molecule has 1 unspecified atom stereocenters. The van der Waals surface area contributed by atoms with Crippen LogP contribution < -0.4 is 0 Å². The Kier molecular flexibility index (Phi) is 6.24. The molecule has 4 aliphatic rings. The number of aliphatic hydroxyl groups excluding tert-OH is 2. The summed E-state index contributed by atoms with van der Waals surface area (Å²) in [5.41, 5.74) is -0.867. The molecule has 6 heteroatoms. The normalized spacial score (nSPS) is 42.6.